The Kier molecular flexibility index (Phi) is 8.08. The molecule has 0 spiro atoms. The minimum atomic E-state index is 0. The van der Waals surface area contributed by atoms with Gasteiger partial charge in [0.15, 0.2) is 11.8 Å². The second-order valence-electron chi connectivity index (χ2n) is 7.26. The van der Waals surface area contributed by atoms with Crippen LogP contribution in [0.5, 0.6) is 0 Å². The van der Waals surface area contributed by atoms with Gasteiger partial charge in [0.1, 0.15) is 12.4 Å². The number of rotatable bonds is 7. The van der Waals surface area contributed by atoms with E-state index in [0.717, 1.165) is 49.5 Å². The molecule has 2 heterocycles. The molecule has 1 aromatic heterocycles. The fraction of sp³-hybridized carbons (Fsp3) is 0.824. The van der Waals surface area contributed by atoms with Crippen molar-refractivity contribution in [2.45, 2.75) is 50.9 Å². The number of hydrogen-bond acceptors (Lipinski definition) is 5. The molecular formula is C17H32IN7O. The first-order valence-corrected chi connectivity index (χ1v) is 9.15. The first-order chi connectivity index (χ1) is 12.1. The summed E-state index contributed by atoms with van der Waals surface area (Å²) in [6.07, 6.45) is 4.65. The van der Waals surface area contributed by atoms with Crippen molar-refractivity contribution >= 4 is 29.9 Å². The first kappa shape index (κ1) is 21.4. The van der Waals surface area contributed by atoms with Gasteiger partial charge in [-0.2, -0.15) is 5.10 Å². The summed E-state index contributed by atoms with van der Waals surface area (Å²) in [6.45, 7) is 2.21. The molecule has 2 unspecified atom stereocenters. The fourth-order valence-corrected chi connectivity index (χ4v) is 3.51. The van der Waals surface area contributed by atoms with Gasteiger partial charge in [-0.15, -0.1) is 24.0 Å². The molecule has 9 heteroatoms. The van der Waals surface area contributed by atoms with Gasteiger partial charge in [-0.25, -0.2) is 9.67 Å². The van der Waals surface area contributed by atoms with Crippen LogP contribution >= 0.6 is 24.0 Å². The summed E-state index contributed by atoms with van der Waals surface area (Å²) >= 11 is 0. The summed E-state index contributed by atoms with van der Waals surface area (Å²) in [5.74, 6) is 3.51. The summed E-state index contributed by atoms with van der Waals surface area (Å²) in [5.41, 5.74) is 0. The molecule has 1 aliphatic carbocycles. The van der Waals surface area contributed by atoms with E-state index in [1.54, 1.807) is 7.11 Å². The molecule has 26 heavy (non-hydrogen) atoms. The Bertz CT molecular complexity index is 598. The normalized spacial score (nSPS) is 21.1. The molecule has 0 saturated heterocycles. The molecule has 0 radical (unpaired) electrons. The van der Waals surface area contributed by atoms with Crippen molar-refractivity contribution in [3.8, 4) is 0 Å². The highest BCUT2D eigenvalue weighted by Crippen LogP contribution is 2.34. The maximum Gasteiger partial charge on any atom is 0.191 e. The average molecular weight is 477 g/mol. The minimum absolute atomic E-state index is 0. The lowest BCUT2D eigenvalue weighted by Crippen LogP contribution is -2.50. The van der Waals surface area contributed by atoms with Crippen LogP contribution in [0.1, 0.15) is 30.9 Å². The number of nitrogens with zero attached hydrogens (tertiary/aromatic N) is 5. The second kappa shape index (κ2) is 9.84. The number of guanidine groups is 1. The van der Waals surface area contributed by atoms with Crippen LogP contribution in [-0.2, 0) is 24.3 Å². The molecule has 8 nitrogen and oxygen atoms in total. The molecule has 0 amide bonds. The zero-order chi connectivity index (χ0) is 17.8. The van der Waals surface area contributed by atoms with Gasteiger partial charge in [-0.3, -0.25) is 4.99 Å². The van der Waals surface area contributed by atoms with Crippen molar-refractivity contribution < 1.29 is 4.74 Å². The van der Waals surface area contributed by atoms with E-state index in [9.17, 15) is 0 Å². The molecule has 2 atom stereocenters. The van der Waals surface area contributed by atoms with Crippen LogP contribution in [0.25, 0.3) is 0 Å². The molecule has 3 rings (SSSR count). The molecule has 1 saturated carbocycles. The van der Waals surface area contributed by atoms with Crippen LogP contribution in [0.15, 0.2) is 4.99 Å². The van der Waals surface area contributed by atoms with Crippen molar-refractivity contribution in [1.29, 1.82) is 0 Å². The summed E-state index contributed by atoms with van der Waals surface area (Å²) in [5, 5.41) is 11.6. The zero-order valence-corrected chi connectivity index (χ0v) is 18.6. The summed E-state index contributed by atoms with van der Waals surface area (Å²) in [7, 11) is 7.82. The van der Waals surface area contributed by atoms with Crippen molar-refractivity contribution in [3.63, 3.8) is 0 Å². The van der Waals surface area contributed by atoms with Crippen LogP contribution in [0.3, 0.4) is 0 Å². The molecular weight excluding hydrogens is 445 g/mol. The molecule has 148 valence electrons. The smallest absolute Gasteiger partial charge is 0.191 e. The number of hydrogen-bond donors (Lipinski definition) is 2. The Balaban J connectivity index is 0.00000243. The van der Waals surface area contributed by atoms with Gasteiger partial charge in [0.2, 0.25) is 0 Å². The quantitative estimate of drug-likeness (QED) is 0.345. The summed E-state index contributed by atoms with van der Waals surface area (Å²) < 4.78 is 7.12. The van der Waals surface area contributed by atoms with Gasteiger partial charge in [0.05, 0.1) is 6.54 Å². The number of likely N-dealkylation sites (N-methyl/N-ethyl adjacent to an activating group) is 1. The molecule has 1 aromatic rings. The van der Waals surface area contributed by atoms with E-state index in [2.05, 4.69) is 44.7 Å². The Morgan fingerprint density at radius 2 is 2.15 bits per heavy atom. The number of aryl methyl sites for hydroxylation is 1. The van der Waals surface area contributed by atoms with Crippen LogP contribution in [0, 0.1) is 5.92 Å². The van der Waals surface area contributed by atoms with Crippen LogP contribution in [0.4, 0.5) is 0 Å². The van der Waals surface area contributed by atoms with Crippen LogP contribution in [-0.4, -0.2) is 72.5 Å². The number of aromatic nitrogens is 3. The lowest BCUT2D eigenvalue weighted by molar-refractivity contribution is 0.177. The Hall–Kier alpha value is -0.940. The third-order valence-corrected chi connectivity index (χ3v) is 5.05. The Labute approximate surface area is 173 Å². The Morgan fingerprint density at radius 1 is 1.38 bits per heavy atom. The van der Waals surface area contributed by atoms with E-state index in [1.165, 1.54) is 12.8 Å². The molecule has 2 N–H and O–H groups in total. The lowest BCUT2D eigenvalue weighted by Gasteiger charge is -2.28. The summed E-state index contributed by atoms with van der Waals surface area (Å²) in [6, 6.07) is 0.887. The van der Waals surface area contributed by atoms with E-state index >= 15 is 0 Å². The third kappa shape index (κ3) is 5.53. The van der Waals surface area contributed by atoms with Gasteiger partial charge in [0, 0.05) is 39.2 Å². The Morgan fingerprint density at radius 3 is 2.77 bits per heavy atom. The topological polar surface area (TPSA) is 79.6 Å². The van der Waals surface area contributed by atoms with Crippen molar-refractivity contribution in [2.75, 3.05) is 34.8 Å². The molecule has 2 aliphatic rings. The maximum atomic E-state index is 5.13. The van der Waals surface area contributed by atoms with E-state index in [4.69, 9.17) is 4.74 Å². The fourth-order valence-electron chi connectivity index (χ4n) is 3.51. The molecule has 0 bridgehead atoms. The van der Waals surface area contributed by atoms with Crippen LogP contribution in [0.2, 0.25) is 0 Å². The largest absolute Gasteiger partial charge is 0.377 e. The highest BCUT2D eigenvalue weighted by Gasteiger charge is 2.32. The molecule has 0 aromatic carbocycles. The molecule has 1 aliphatic heterocycles. The van der Waals surface area contributed by atoms with Gasteiger partial charge < -0.3 is 20.3 Å². The number of fused-ring (bicyclic) bond motifs is 1. The van der Waals surface area contributed by atoms with Crippen LogP contribution < -0.4 is 10.6 Å². The van der Waals surface area contributed by atoms with Gasteiger partial charge in [-0.1, -0.05) is 0 Å². The zero-order valence-electron chi connectivity index (χ0n) is 16.2. The SMILES string of the molecule is CN=C(NCC(C1CC1)N(C)C)NC1CCc2nc(COC)nn2C1.I. The van der Waals surface area contributed by atoms with Gasteiger partial charge in [-0.05, 0) is 39.3 Å². The third-order valence-electron chi connectivity index (χ3n) is 5.05. The maximum absolute atomic E-state index is 5.13. The number of halogens is 1. The highest BCUT2D eigenvalue weighted by atomic mass is 127. The van der Waals surface area contributed by atoms with Gasteiger partial charge >= 0.3 is 0 Å². The number of ether oxygens (including phenoxy) is 1. The molecule has 1 fully saturated rings. The van der Waals surface area contributed by atoms with E-state index in [1.807, 2.05) is 11.7 Å². The number of aliphatic imine (C=N–C) groups is 1. The monoisotopic (exact) mass is 477 g/mol. The van der Waals surface area contributed by atoms with E-state index in [0.29, 0.717) is 18.7 Å². The first-order valence-electron chi connectivity index (χ1n) is 9.15. The predicted octanol–water partition coefficient (Wildman–Crippen LogP) is 0.863. The van der Waals surface area contributed by atoms with Crippen molar-refractivity contribution in [1.82, 2.24) is 30.3 Å². The van der Waals surface area contributed by atoms with E-state index in [-0.39, 0.29) is 24.0 Å². The van der Waals surface area contributed by atoms with E-state index < -0.39 is 0 Å². The second-order valence-corrected chi connectivity index (χ2v) is 7.26. The number of nitrogens with one attached hydrogen (secondary N) is 2. The lowest BCUT2D eigenvalue weighted by atomic mass is 10.1. The van der Waals surface area contributed by atoms with Gasteiger partial charge in [0.25, 0.3) is 0 Å². The predicted molar refractivity (Wildman–Crippen MR) is 113 cm³/mol. The number of methoxy groups -OCH3 is 1. The standard InChI is InChI=1S/C17H31N7O.HI/c1-18-17(19-9-14(23(2)3)12-5-6-12)20-13-7-8-16-21-15(11-25-4)22-24(16)10-13;/h12-14H,5-11H2,1-4H3,(H2,18,19,20);1H. The highest BCUT2D eigenvalue weighted by molar-refractivity contribution is 14.0. The average Bonchev–Trinajstić information content (AvgIpc) is 3.33. The minimum Gasteiger partial charge on any atom is -0.377 e. The van der Waals surface area contributed by atoms with Crippen molar-refractivity contribution in [3.05, 3.63) is 11.6 Å². The summed E-state index contributed by atoms with van der Waals surface area (Å²) in [4.78, 5) is 11.2. The van der Waals surface area contributed by atoms with Crippen molar-refractivity contribution in [2.24, 2.45) is 10.9 Å².